The van der Waals surface area contributed by atoms with Crippen LogP contribution in [0.1, 0.15) is 5.56 Å². The van der Waals surface area contributed by atoms with Gasteiger partial charge in [0.05, 0.1) is 31.4 Å². The lowest BCUT2D eigenvalue weighted by molar-refractivity contribution is -0.276. The maximum absolute atomic E-state index is 12.0. The molecule has 0 spiro atoms. The van der Waals surface area contributed by atoms with Crippen LogP contribution in [-0.2, 0) is 6.42 Å². The second kappa shape index (κ2) is 4.78. The predicted octanol–water partition coefficient (Wildman–Crippen LogP) is 1.76. The van der Waals surface area contributed by atoms with E-state index in [1.807, 2.05) is 0 Å². The lowest BCUT2D eigenvalue weighted by Gasteiger charge is -2.14. The van der Waals surface area contributed by atoms with Crippen molar-refractivity contribution in [3.63, 3.8) is 0 Å². The zero-order chi connectivity index (χ0) is 13.1. The maximum Gasteiger partial charge on any atom is 0.574 e. The topological polar surface area (TPSA) is 75.4 Å². The van der Waals surface area contributed by atoms with Crippen molar-refractivity contribution >= 4 is 0 Å². The van der Waals surface area contributed by atoms with Crippen LogP contribution in [0, 0.1) is 11.3 Å². The standard InChI is InChI=1S/C9H7F3N2O3/c1-16-7-5(2-3-13)8(14-4-6(7)15)17-9(10,11)12/h4,15H,2H2,1H3. The second-order valence-corrected chi connectivity index (χ2v) is 2.84. The van der Waals surface area contributed by atoms with E-state index in [0.717, 1.165) is 13.3 Å². The first kappa shape index (κ1) is 12.9. The third-order valence-corrected chi connectivity index (χ3v) is 1.74. The van der Waals surface area contributed by atoms with Crippen LogP contribution in [0.4, 0.5) is 13.2 Å². The monoisotopic (exact) mass is 248 g/mol. The lowest BCUT2D eigenvalue weighted by atomic mass is 10.2. The predicted molar refractivity (Wildman–Crippen MR) is 48.5 cm³/mol. The zero-order valence-electron chi connectivity index (χ0n) is 8.58. The third kappa shape index (κ3) is 3.14. The van der Waals surface area contributed by atoms with Crippen molar-refractivity contribution in [3.05, 3.63) is 11.8 Å². The van der Waals surface area contributed by atoms with E-state index >= 15 is 0 Å². The van der Waals surface area contributed by atoms with Crippen molar-refractivity contribution in [3.8, 4) is 23.4 Å². The summed E-state index contributed by atoms with van der Waals surface area (Å²) >= 11 is 0. The Balaban J connectivity index is 3.26. The van der Waals surface area contributed by atoms with Crippen LogP contribution < -0.4 is 9.47 Å². The fourth-order valence-corrected chi connectivity index (χ4v) is 1.17. The number of ether oxygens (including phenoxy) is 2. The molecule has 92 valence electrons. The molecule has 0 aliphatic carbocycles. The number of aromatic hydroxyl groups is 1. The van der Waals surface area contributed by atoms with Crippen LogP contribution in [0.3, 0.4) is 0 Å². The Morgan fingerprint density at radius 3 is 2.65 bits per heavy atom. The zero-order valence-corrected chi connectivity index (χ0v) is 8.58. The summed E-state index contributed by atoms with van der Waals surface area (Å²) in [7, 11) is 1.15. The molecular weight excluding hydrogens is 241 g/mol. The summed E-state index contributed by atoms with van der Waals surface area (Å²) in [5.41, 5.74) is -0.257. The number of hydrogen-bond acceptors (Lipinski definition) is 5. The van der Waals surface area contributed by atoms with Gasteiger partial charge in [-0.05, 0) is 0 Å². The van der Waals surface area contributed by atoms with Crippen LogP contribution in [0.2, 0.25) is 0 Å². The quantitative estimate of drug-likeness (QED) is 0.882. The molecule has 0 saturated carbocycles. The largest absolute Gasteiger partial charge is 0.574 e. The number of nitrogens with zero attached hydrogens (tertiary/aromatic N) is 2. The molecule has 0 aliphatic heterocycles. The normalized spacial score (nSPS) is 10.8. The van der Waals surface area contributed by atoms with Gasteiger partial charge in [-0.3, -0.25) is 0 Å². The highest BCUT2D eigenvalue weighted by Crippen LogP contribution is 2.36. The van der Waals surface area contributed by atoms with E-state index in [4.69, 9.17) is 10.00 Å². The molecule has 8 heteroatoms. The number of halogens is 3. The minimum Gasteiger partial charge on any atom is -0.503 e. The number of pyridine rings is 1. The van der Waals surface area contributed by atoms with Crippen molar-refractivity contribution in [1.29, 1.82) is 5.26 Å². The van der Waals surface area contributed by atoms with Crippen LogP contribution in [0.15, 0.2) is 6.20 Å². The Hall–Kier alpha value is -2.17. The van der Waals surface area contributed by atoms with Gasteiger partial charge in [0, 0.05) is 0 Å². The van der Waals surface area contributed by atoms with E-state index in [9.17, 15) is 18.3 Å². The van der Waals surface area contributed by atoms with Crippen molar-refractivity contribution in [2.75, 3.05) is 7.11 Å². The number of rotatable bonds is 3. The summed E-state index contributed by atoms with van der Waals surface area (Å²) in [5.74, 6) is -1.54. The molecule has 0 radical (unpaired) electrons. The molecule has 1 aromatic rings. The van der Waals surface area contributed by atoms with E-state index in [1.165, 1.54) is 0 Å². The molecule has 0 amide bonds. The molecule has 0 unspecified atom stereocenters. The summed E-state index contributed by atoms with van der Waals surface area (Å²) in [4.78, 5) is 3.27. The summed E-state index contributed by atoms with van der Waals surface area (Å²) < 4.78 is 44.5. The molecule has 0 aliphatic rings. The number of nitriles is 1. The van der Waals surface area contributed by atoms with Gasteiger partial charge in [-0.2, -0.15) is 5.26 Å². The van der Waals surface area contributed by atoms with E-state index in [0.29, 0.717) is 0 Å². The molecule has 0 fully saturated rings. The Morgan fingerprint density at radius 1 is 1.53 bits per heavy atom. The van der Waals surface area contributed by atoms with Gasteiger partial charge < -0.3 is 14.6 Å². The smallest absolute Gasteiger partial charge is 0.503 e. The summed E-state index contributed by atoms with van der Waals surface area (Å²) in [6.45, 7) is 0. The fourth-order valence-electron chi connectivity index (χ4n) is 1.17. The average Bonchev–Trinajstić information content (AvgIpc) is 2.21. The number of hydrogen-bond donors (Lipinski definition) is 1. The maximum atomic E-state index is 12.0. The first-order valence-corrected chi connectivity index (χ1v) is 4.26. The van der Waals surface area contributed by atoms with Gasteiger partial charge >= 0.3 is 6.36 Å². The molecule has 1 rings (SSSR count). The molecule has 0 aromatic carbocycles. The molecule has 5 nitrogen and oxygen atoms in total. The first-order chi connectivity index (χ1) is 7.89. The van der Waals surface area contributed by atoms with Gasteiger partial charge in [-0.15, -0.1) is 13.2 Å². The van der Waals surface area contributed by atoms with E-state index in [2.05, 4.69) is 9.72 Å². The van der Waals surface area contributed by atoms with Crippen molar-refractivity contribution in [2.45, 2.75) is 12.8 Å². The first-order valence-electron chi connectivity index (χ1n) is 4.26. The summed E-state index contributed by atoms with van der Waals surface area (Å²) in [5, 5.41) is 17.8. The summed E-state index contributed by atoms with van der Waals surface area (Å²) in [6, 6.07) is 1.63. The molecule has 1 heterocycles. The van der Waals surface area contributed by atoms with Crippen molar-refractivity contribution in [2.24, 2.45) is 0 Å². The lowest BCUT2D eigenvalue weighted by Crippen LogP contribution is -2.19. The highest BCUT2D eigenvalue weighted by molar-refractivity contribution is 5.50. The van der Waals surface area contributed by atoms with Gasteiger partial charge in [0.25, 0.3) is 0 Å². The van der Waals surface area contributed by atoms with Gasteiger partial charge in [0.2, 0.25) is 5.88 Å². The molecule has 0 saturated heterocycles. The average molecular weight is 248 g/mol. The number of alkyl halides is 3. The van der Waals surface area contributed by atoms with Crippen molar-refractivity contribution < 1.29 is 27.8 Å². The minimum absolute atomic E-state index is 0.257. The van der Waals surface area contributed by atoms with E-state index in [-0.39, 0.29) is 11.3 Å². The van der Waals surface area contributed by atoms with Crippen LogP contribution in [-0.4, -0.2) is 23.6 Å². The molecule has 0 atom stereocenters. The van der Waals surface area contributed by atoms with Gasteiger partial charge in [-0.25, -0.2) is 4.98 Å². The molecule has 0 bridgehead atoms. The third-order valence-electron chi connectivity index (χ3n) is 1.74. The van der Waals surface area contributed by atoms with Gasteiger partial charge in [-0.1, -0.05) is 0 Å². The van der Waals surface area contributed by atoms with Crippen LogP contribution >= 0.6 is 0 Å². The number of aromatic nitrogens is 1. The molecule has 17 heavy (non-hydrogen) atoms. The second-order valence-electron chi connectivity index (χ2n) is 2.84. The Labute approximate surface area is 94.0 Å². The van der Waals surface area contributed by atoms with E-state index in [1.54, 1.807) is 6.07 Å². The number of methoxy groups -OCH3 is 1. The Kier molecular flexibility index (Phi) is 3.62. The fraction of sp³-hybridized carbons (Fsp3) is 0.333. The Morgan fingerprint density at radius 2 is 2.18 bits per heavy atom. The van der Waals surface area contributed by atoms with Crippen LogP contribution in [0.25, 0.3) is 0 Å². The van der Waals surface area contributed by atoms with Crippen LogP contribution in [0.5, 0.6) is 17.4 Å². The highest BCUT2D eigenvalue weighted by atomic mass is 19.4. The Bertz CT molecular complexity index is 454. The molecule has 1 N–H and O–H groups in total. The van der Waals surface area contributed by atoms with Crippen molar-refractivity contribution in [1.82, 2.24) is 4.98 Å². The summed E-state index contributed by atoms with van der Waals surface area (Å²) in [6.07, 6.45) is -4.62. The molecular formula is C9H7F3N2O3. The van der Waals surface area contributed by atoms with E-state index < -0.39 is 24.4 Å². The minimum atomic E-state index is -4.93. The highest BCUT2D eigenvalue weighted by Gasteiger charge is 2.34. The SMILES string of the molecule is COc1c(O)cnc(OC(F)(F)F)c1CC#N. The van der Waals surface area contributed by atoms with Gasteiger partial charge in [0.15, 0.2) is 11.5 Å². The molecule has 1 aromatic heterocycles. The van der Waals surface area contributed by atoms with Gasteiger partial charge in [0.1, 0.15) is 0 Å².